The fraction of sp³-hybridized carbons (Fsp3) is 0.560. The molecular weight excluding hydrogens is 463 g/mol. The highest BCUT2D eigenvalue weighted by molar-refractivity contribution is 7.15. The average Bonchev–Trinajstić information content (AvgIpc) is 3.18. The zero-order valence-corrected chi connectivity index (χ0v) is 19.6. The number of alkyl halides is 3. The van der Waals surface area contributed by atoms with Crippen LogP contribution in [0, 0.1) is 23.2 Å². The smallest absolute Gasteiger partial charge is 0.355 e. The SMILES string of the molecule is O=C(CCNC(=O)C12CC3CC(CC(C3)C1)C2)Nc1ncc(Cc2cccc(C(F)(F)F)c2)s1. The summed E-state index contributed by atoms with van der Waals surface area (Å²) >= 11 is 1.24. The van der Waals surface area contributed by atoms with E-state index in [2.05, 4.69) is 15.6 Å². The van der Waals surface area contributed by atoms with Crippen LogP contribution in [0.4, 0.5) is 18.3 Å². The van der Waals surface area contributed by atoms with Crippen LogP contribution in [0.5, 0.6) is 0 Å². The Morgan fingerprint density at radius 1 is 1.09 bits per heavy atom. The first kappa shape index (κ1) is 23.3. The number of thiazole rings is 1. The van der Waals surface area contributed by atoms with Gasteiger partial charge in [0, 0.05) is 35.9 Å². The van der Waals surface area contributed by atoms with Crippen molar-refractivity contribution in [3.05, 3.63) is 46.5 Å². The molecule has 4 fully saturated rings. The van der Waals surface area contributed by atoms with Crippen molar-refractivity contribution < 1.29 is 22.8 Å². The molecule has 0 atom stereocenters. The molecule has 2 N–H and O–H groups in total. The number of amides is 2. The number of benzene rings is 1. The van der Waals surface area contributed by atoms with E-state index < -0.39 is 11.7 Å². The van der Waals surface area contributed by atoms with Gasteiger partial charge in [0.15, 0.2) is 5.13 Å². The van der Waals surface area contributed by atoms with Crippen LogP contribution in [0.3, 0.4) is 0 Å². The molecule has 9 heteroatoms. The van der Waals surface area contributed by atoms with Crippen LogP contribution in [-0.4, -0.2) is 23.3 Å². The molecule has 1 aromatic carbocycles. The number of nitrogens with one attached hydrogen (secondary N) is 2. The van der Waals surface area contributed by atoms with Crippen LogP contribution in [0.25, 0.3) is 0 Å². The van der Waals surface area contributed by atoms with Gasteiger partial charge in [-0.05, 0) is 67.9 Å². The highest BCUT2D eigenvalue weighted by atomic mass is 32.1. The molecule has 4 bridgehead atoms. The van der Waals surface area contributed by atoms with Gasteiger partial charge in [-0.3, -0.25) is 9.59 Å². The summed E-state index contributed by atoms with van der Waals surface area (Å²) in [4.78, 5) is 30.2. The molecule has 6 rings (SSSR count). The number of carbonyl (C=O) groups is 2. The number of hydrogen-bond acceptors (Lipinski definition) is 4. The fourth-order valence-electron chi connectivity index (χ4n) is 6.55. The lowest BCUT2D eigenvalue weighted by Crippen LogP contribution is -2.53. The Hall–Kier alpha value is -2.42. The van der Waals surface area contributed by atoms with Gasteiger partial charge in [0.2, 0.25) is 11.8 Å². The third-order valence-electron chi connectivity index (χ3n) is 7.59. The van der Waals surface area contributed by atoms with Crippen molar-refractivity contribution in [3.63, 3.8) is 0 Å². The Balaban J connectivity index is 1.09. The van der Waals surface area contributed by atoms with E-state index in [9.17, 15) is 22.8 Å². The second-order valence-corrected chi connectivity index (χ2v) is 11.4. The summed E-state index contributed by atoms with van der Waals surface area (Å²) in [6.45, 7) is 0.287. The predicted molar refractivity (Wildman–Crippen MR) is 123 cm³/mol. The van der Waals surface area contributed by atoms with E-state index in [-0.39, 0.29) is 30.2 Å². The normalized spacial score (nSPS) is 27.6. The molecule has 0 saturated heterocycles. The van der Waals surface area contributed by atoms with Crippen molar-refractivity contribution >= 4 is 28.3 Å². The molecule has 2 amide bonds. The lowest BCUT2D eigenvalue weighted by Gasteiger charge is -2.55. The van der Waals surface area contributed by atoms with Crippen LogP contribution < -0.4 is 10.6 Å². The minimum Gasteiger partial charge on any atom is -0.355 e. The first-order valence-corrected chi connectivity index (χ1v) is 12.7. The van der Waals surface area contributed by atoms with Crippen LogP contribution in [0.2, 0.25) is 0 Å². The largest absolute Gasteiger partial charge is 0.416 e. The highest BCUT2D eigenvalue weighted by Crippen LogP contribution is 2.60. The molecule has 0 spiro atoms. The van der Waals surface area contributed by atoms with E-state index in [4.69, 9.17) is 0 Å². The molecule has 1 aromatic heterocycles. The maximum absolute atomic E-state index is 13.0. The molecular formula is C25H28F3N3O2S. The maximum Gasteiger partial charge on any atom is 0.416 e. The second kappa shape index (κ2) is 8.98. The quantitative estimate of drug-likeness (QED) is 0.544. The van der Waals surface area contributed by atoms with Gasteiger partial charge in [-0.1, -0.05) is 18.2 Å². The van der Waals surface area contributed by atoms with Crippen molar-refractivity contribution in [2.75, 3.05) is 11.9 Å². The van der Waals surface area contributed by atoms with Gasteiger partial charge in [0.05, 0.1) is 5.56 Å². The van der Waals surface area contributed by atoms with Crippen molar-refractivity contribution in [1.29, 1.82) is 0 Å². The topological polar surface area (TPSA) is 71.1 Å². The molecule has 2 aromatic rings. The summed E-state index contributed by atoms with van der Waals surface area (Å²) in [5.41, 5.74) is -0.374. The predicted octanol–water partition coefficient (Wildman–Crippen LogP) is 5.41. The molecule has 34 heavy (non-hydrogen) atoms. The molecule has 0 aliphatic heterocycles. The van der Waals surface area contributed by atoms with Gasteiger partial charge < -0.3 is 10.6 Å². The van der Waals surface area contributed by atoms with Crippen LogP contribution in [0.1, 0.15) is 60.9 Å². The Kier molecular flexibility index (Phi) is 6.16. The monoisotopic (exact) mass is 491 g/mol. The molecule has 182 valence electrons. The van der Waals surface area contributed by atoms with Gasteiger partial charge in [0.1, 0.15) is 0 Å². The highest BCUT2D eigenvalue weighted by Gasteiger charge is 2.54. The zero-order valence-electron chi connectivity index (χ0n) is 18.8. The summed E-state index contributed by atoms with van der Waals surface area (Å²) < 4.78 is 38.7. The van der Waals surface area contributed by atoms with Gasteiger partial charge in [0.25, 0.3) is 0 Å². The number of rotatable bonds is 7. The Bertz CT molecular complexity index is 1050. The van der Waals surface area contributed by atoms with Gasteiger partial charge in [-0.25, -0.2) is 4.98 Å². The third-order valence-corrected chi connectivity index (χ3v) is 8.50. The van der Waals surface area contributed by atoms with Crippen LogP contribution in [0.15, 0.2) is 30.5 Å². The molecule has 0 radical (unpaired) electrons. The standard InChI is InChI=1S/C25H28F3N3O2S/c26-25(27,28)19-3-1-2-15(9-19)10-20-14-30-23(34-20)31-21(32)4-5-29-22(33)24-11-16-6-17(12-24)8-18(7-16)13-24/h1-3,9,14,16-18H,4-8,10-13H2,(H,29,33)(H,30,31,32). The summed E-state index contributed by atoms with van der Waals surface area (Å²) in [5.74, 6) is 1.93. The Morgan fingerprint density at radius 3 is 2.41 bits per heavy atom. The number of nitrogens with zero attached hydrogens (tertiary/aromatic N) is 1. The van der Waals surface area contributed by atoms with E-state index in [1.807, 2.05) is 0 Å². The molecule has 0 unspecified atom stereocenters. The van der Waals surface area contributed by atoms with Gasteiger partial charge in [-0.15, -0.1) is 11.3 Å². The molecule has 4 aliphatic carbocycles. The average molecular weight is 492 g/mol. The second-order valence-electron chi connectivity index (χ2n) is 10.3. The molecule has 4 saturated carbocycles. The number of aromatic nitrogens is 1. The lowest BCUT2D eigenvalue weighted by molar-refractivity contribution is -0.146. The minimum atomic E-state index is -4.38. The van der Waals surface area contributed by atoms with E-state index >= 15 is 0 Å². The molecule has 4 aliphatic rings. The van der Waals surface area contributed by atoms with Crippen LogP contribution >= 0.6 is 11.3 Å². The van der Waals surface area contributed by atoms with E-state index in [1.165, 1.54) is 36.7 Å². The number of anilines is 1. The van der Waals surface area contributed by atoms with E-state index in [0.29, 0.717) is 34.9 Å². The summed E-state index contributed by atoms with van der Waals surface area (Å²) in [5, 5.41) is 6.14. The summed E-state index contributed by atoms with van der Waals surface area (Å²) in [6.07, 6.45) is 4.44. The van der Waals surface area contributed by atoms with Crippen molar-refractivity contribution in [2.45, 2.75) is 57.5 Å². The van der Waals surface area contributed by atoms with Gasteiger partial charge in [-0.2, -0.15) is 13.2 Å². The number of carbonyl (C=O) groups excluding carboxylic acids is 2. The maximum atomic E-state index is 13.0. The number of hydrogen-bond donors (Lipinski definition) is 2. The van der Waals surface area contributed by atoms with Crippen LogP contribution in [-0.2, 0) is 22.2 Å². The Morgan fingerprint density at radius 2 is 1.76 bits per heavy atom. The van der Waals surface area contributed by atoms with Crippen molar-refractivity contribution in [3.8, 4) is 0 Å². The molecule has 5 nitrogen and oxygen atoms in total. The minimum absolute atomic E-state index is 0.108. The Labute approximate surface area is 200 Å². The zero-order chi connectivity index (χ0) is 23.9. The lowest BCUT2D eigenvalue weighted by atomic mass is 9.49. The summed E-state index contributed by atoms with van der Waals surface area (Å²) in [6, 6.07) is 5.20. The van der Waals surface area contributed by atoms with Gasteiger partial charge >= 0.3 is 6.18 Å². The van der Waals surface area contributed by atoms with Crippen molar-refractivity contribution in [2.24, 2.45) is 23.2 Å². The first-order chi connectivity index (χ1) is 16.2. The molecule has 1 heterocycles. The number of halogens is 3. The first-order valence-electron chi connectivity index (χ1n) is 11.9. The van der Waals surface area contributed by atoms with E-state index in [0.717, 1.165) is 36.3 Å². The summed E-state index contributed by atoms with van der Waals surface area (Å²) in [7, 11) is 0. The third kappa shape index (κ3) is 4.99. The van der Waals surface area contributed by atoms with E-state index in [1.54, 1.807) is 12.3 Å². The fourth-order valence-corrected chi connectivity index (χ4v) is 7.42. The van der Waals surface area contributed by atoms with Crippen molar-refractivity contribution in [1.82, 2.24) is 10.3 Å².